The molecule has 0 aliphatic rings. The van der Waals surface area contributed by atoms with Crippen molar-refractivity contribution in [3.63, 3.8) is 0 Å². The lowest BCUT2D eigenvalue weighted by Gasteiger charge is -2.12. The molecule has 1 atom stereocenters. The number of rotatable bonds is 18. The topological polar surface area (TPSA) is 54.4 Å². The predicted octanol–water partition coefficient (Wildman–Crippen LogP) is 6.37. The second-order valence-corrected chi connectivity index (χ2v) is 9.45. The maximum Gasteiger partial charge on any atom is 0.189 e. The Morgan fingerprint density at radius 2 is 1.19 bits per heavy atom. The van der Waals surface area contributed by atoms with Gasteiger partial charge in [0.25, 0.3) is 0 Å². The Labute approximate surface area is 169 Å². The Morgan fingerprint density at radius 1 is 0.731 bits per heavy atom. The van der Waals surface area contributed by atoms with E-state index >= 15 is 0 Å². The lowest BCUT2D eigenvalue weighted by atomic mass is 10.1. The van der Waals surface area contributed by atoms with Gasteiger partial charge in [-0.1, -0.05) is 102 Å². The minimum atomic E-state index is -0.152. The summed E-state index contributed by atoms with van der Waals surface area (Å²) in [5.74, 6) is 0.540. The van der Waals surface area contributed by atoms with Crippen LogP contribution in [0.25, 0.3) is 0 Å². The number of carbonyl (C=O) groups is 2. The van der Waals surface area contributed by atoms with Crippen LogP contribution in [-0.4, -0.2) is 32.9 Å². The SMILES string of the molecule is CCCCCCCCC(=O)SC[C@H](CO)SC(=O)CCCCCCCC. The van der Waals surface area contributed by atoms with E-state index in [0.717, 1.165) is 25.7 Å². The molecule has 0 unspecified atom stereocenters. The van der Waals surface area contributed by atoms with Gasteiger partial charge in [-0.2, -0.15) is 0 Å². The van der Waals surface area contributed by atoms with Crippen LogP contribution in [0.2, 0.25) is 0 Å². The molecular weight excluding hydrogens is 364 g/mol. The Balaban J connectivity index is 3.70. The number of hydrogen-bond acceptors (Lipinski definition) is 5. The van der Waals surface area contributed by atoms with E-state index in [4.69, 9.17) is 0 Å². The van der Waals surface area contributed by atoms with Gasteiger partial charge < -0.3 is 5.11 Å². The van der Waals surface area contributed by atoms with Gasteiger partial charge in [0, 0.05) is 23.8 Å². The van der Waals surface area contributed by atoms with Crippen molar-refractivity contribution in [2.75, 3.05) is 12.4 Å². The third kappa shape index (κ3) is 17.4. The zero-order valence-corrected chi connectivity index (χ0v) is 18.6. The summed E-state index contributed by atoms with van der Waals surface area (Å²) < 4.78 is 0. The molecule has 0 radical (unpaired) electrons. The molecule has 0 amide bonds. The summed E-state index contributed by atoms with van der Waals surface area (Å²) in [6.45, 7) is 4.36. The molecular formula is C21H40O3S2. The molecule has 3 nitrogen and oxygen atoms in total. The molecule has 0 saturated heterocycles. The lowest BCUT2D eigenvalue weighted by molar-refractivity contribution is -0.112. The Kier molecular flexibility index (Phi) is 19.8. The third-order valence-corrected chi connectivity index (χ3v) is 6.82. The molecule has 0 aromatic carbocycles. The summed E-state index contributed by atoms with van der Waals surface area (Å²) in [6, 6.07) is 0. The predicted molar refractivity (Wildman–Crippen MR) is 117 cm³/mol. The molecule has 0 saturated carbocycles. The van der Waals surface area contributed by atoms with E-state index < -0.39 is 0 Å². The van der Waals surface area contributed by atoms with Crippen LogP contribution in [0.1, 0.15) is 104 Å². The normalized spacial score (nSPS) is 12.3. The number of thioether (sulfide) groups is 2. The second kappa shape index (κ2) is 19.8. The van der Waals surface area contributed by atoms with E-state index in [1.807, 2.05) is 0 Å². The summed E-state index contributed by atoms with van der Waals surface area (Å²) in [7, 11) is 0. The first-order valence-electron chi connectivity index (χ1n) is 10.6. The van der Waals surface area contributed by atoms with Crippen molar-refractivity contribution in [1.29, 1.82) is 0 Å². The molecule has 1 N–H and O–H groups in total. The van der Waals surface area contributed by atoms with Crippen LogP contribution in [0.3, 0.4) is 0 Å². The first-order valence-corrected chi connectivity index (χ1v) is 12.5. The summed E-state index contributed by atoms with van der Waals surface area (Å²) >= 11 is 2.52. The van der Waals surface area contributed by atoms with Crippen LogP contribution in [0.15, 0.2) is 0 Å². The first-order chi connectivity index (χ1) is 12.6. The van der Waals surface area contributed by atoms with Gasteiger partial charge in [0.15, 0.2) is 10.2 Å². The van der Waals surface area contributed by atoms with Gasteiger partial charge in [-0.05, 0) is 12.8 Å². The molecule has 0 aromatic rings. The Morgan fingerprint density at radius 3 is 1.69 bits per heavy atom. The highest BCUT2D eigenvalue weighted by Gasteiger charge is 2.15. The zero-order valence-electron chi connectivity index (χ0n) is 17.0. The molecule has 0 spiro atoms. The highest BCUT2D eigenvalue weighted by Crippen LogP contribution is 2.22. The molecule has 0 fully saturated rings. The van der Waals surface area contributed by atoms with Crippen LogP contribution < -0.4 is 0 Å². The Bertz CT molecular complexity index is 348. The highest BCUT2D eigenvalue weighted by molar-refractivity contribution is 8.17. The van der Waals surface area contributed by atoms with Crippen molar-refractivity contribution in [1.82, 2.24) is 0 Å². The first kappa shape index (κ1) is 26.0. The van der Waals surface area contributed by atoms with E-state index in [1.54, 1.807) is 0 Å². The van der Waals surface area contributed by atoms with E-state index in [1.165, 1.54) is 74.9 Å². The molecule has 0 aliphatic carbocycles. The number of aliphatic hydroxyl groups is 1. The average molecular weight is 405 g/mol. The summed E-state index contributed by atoms with van der Waals surface area (Å²) in [6.07, 6.45) is 15.3. The van der Waals surface area contributed by atoms with Gasteiger partial charge in [0.1, 0.15) is 0 Å². The van der Waals surface area contributed by atoms with Crippen molar-refractivity contribution in [2.24, 2.45) is 0 Å². The lowest BCUT2D eigenvalue weighted by Crippen LogP contribution is -2.16. The number of unbranched alkanes of at least 4 members (excludes halogenated alkanes) is 10. The van der Waals surface area contributed by atoms with Crippen LogP contribution in [0.5, 0.6) is 0 Å². The standard InChI is InChI=1S/C21H40O3S2/c1-3-5-7-9-11-13-15-20(23)25-18-19(17-22)26-21(24)16-14-12-10-8-6-4-2/h19,22H,3-18H2,1-2H3/t19-/m0/s1. The number of carbonyl (C=O) groups excluding carboxylic acids is 2. The molecule has 5 heteroatoms. The summed E-state index contributed by atoms with van der Waals surface area (Å²) in [4.78, 5) is 23.9. The molecule has 154 valence electrons. The van der Waals surface area contributed by atoms with Crippen LogP contribution in [-0.2, 0) is 9.59 Å². The van der Waals surface area contributed by atoms with Gasteiger partial charge in [-0.3, -0.25) is 9.59 Å². The molecule has 0 aliphatic heterocycles. The van der Waals surface area contributed by atoms with Gasteiger partial charge in [0.2, 0.25) is 0 Å². The van der Waals surface area contributed by atoms with E-state index in [2.05, 4.69) is 13.8 Å². The van der Waals surface area contributed by atoms with Crippen molar-refractivity contribution in [3.8, 4) is 0 Å². The van der Waals surface area contributed by atoms with Crippen molar-refractivity contribution in [3.05, 3.63) is 0 Å². The molecule has 26 heavy (non-hydrogen) atoms. The fraction of sp³-hybridized carbons (Fsp3) is 0.905. The van der Waals surface area contributed by atoms with Gasteiger partial charge >= 0.3 is 0 Å². The second-order valence-electron chi connectivity index (χ2n) is 7.01. The minimum Gasteiger partial charge on any atom is -0.395 e. The van der Waals surface area contributed by atoms with Crippen LogP contribution in [0, 0.1) is 0 Å². The molecule has 0 bridgehead atoms. The maximum absolute atomic E-state index is 12.0. The van der Waals surface area contributed by atoms with Gasteiger partial charge in [-0.15, -0.1) is 0 Å². The maximum atomic E-state index is 12.0. The molecule has 0 heterocycles. The summed E-state index contributed by atoms with van der Waals surface area (Å²) in [5, 5.41) is 9.66. The molecule has 0 aromatic heterocycles. The van der Waals surface area contributed by atoms with Crippen molar-refractivity contribution < 1.29 is 14.7 Å². The number of aliphatic hydroxyl groups excluding tert-OH is 1. The van der Waals surface area contributed by atoms with Crippen LogP contribution in [0.4, 0.5) is 0 Å². The monoisotopic (exact) mass is 404 g/mol. The van der Waals surface area contributed by atoms with E-state index in [-0.39, 0.29) is 22.1 Å². The molecule has 0 rings (SSSR count). The Hall–Kier alpha value is -0.0000000000000000555. The zero-order chi connectivity index (χ0) is 19.5. The van der Waals surface area contributed by atoms with E-state index in [9.17, 15) is 14.7 Å². The quantitative estimate of drug-likeness (QED) is 0.269. The average Bonchev–Trinajstić information content (AvgIpc) is 2.64. The van der Waals surface area contributed by atoms with Crippen molar-refractivity contribution in [2.45, 2.75) is 109 Å². The fourth-order valence-corrected chi connectivity index (χ4v) is 4.68. The smallest absolute Gasteiger partial charge is 0.189 e. The third-order valence-electron chi connectivity index (χ3n) is 4.40. The highest BCUT2D eigenvalue weighted by atomic mass is 32.2. The summed E-state index contributed by atoms with van der Waals surface area (Å²) in [5.41, 5.74) is 0. The van der Waals surface area contributed by atoms with E-state index in [0.29, 0.717) is 18.6 Å². The minimum absolute atomic E-state index is 0.0375. The van der Waals surface area contributed by atoms with Gasteiger partial charge in [0.05, 0.1) is 6.61 Å². The van der Waals surface area contributed by atoms with Crippen molar-refractivity contribution >= 4 is 33.8 Å². The largest absolute Gasteiger partial charge is 0.395 e. The number of hydrogen-bond donors (Lipinski definition) is 1. The van der Waals surface area contributed by atoms with Gasteiger partial charge in [-0.25, -0.2) is 0 Å². The van der Waals surface area contributed by atoms with Crippen LogP contribution >= 0.6 is 23.5 Å². The fourth-order valence-electron chi connectivity index (χ4n) is 2.73.